The van der Waals surface area contributed by atoms with Crippen LogP contribution in [0, 0.1) is 0 Å². The maximum Gasteiger partial charge on any atom is 0.142 e. The molecule has 1 N–H and O–H groups in total. The molecular formula is C8H8NO3S-. The minimum absolute atomic E-state index is 0.547. The van der Waals surface area contributed by atoms with Crippen LogP contribution in [0.15, 0.2) is 30.3 Å². The summed E-state index contributed by atoms with van der Waals surface area (Å²) in [5, 5.41) is 0. The van der Waals surface area contributed by atoms with E-state index in [-0.39, 0.29) is 0 Å². The molecule has 0 aliphatic rings. The monoisotopic (exact) mass is 198 g/mol. The van der Waals surface area contributed by atoms with Gasteiger partial charge in [0.15, 0.2) is 0 Å². The van der Waals surface area contributed by atoms with Gasteiger partial charge in [0, 0.05) is 11.3 Å². The van der Waals surface area contributed by atoms with Crippen molar-refractivity contribution in [3.05, 3.63) is 35.9 Å². The Hall–Kier alpha value is -1.04. The Labute approximate surface area is 78.4 Å². The molecule has 0 spiro atoms. The van der Waals surface area contributed by atoms with Crippen molar-refractivity contribution in [2.24, 2.45) is 0 Å². The summed E-state index contributed by atoms with van der Waals surface area (Å²) in [5.41, 5.74) is 0.627. The fourth-order valence-electron chi connectivity index (χ4n) is 0.938. The van der Waals surface area contributed by atoms with Crippen LogP contribution in [0.1, 0.15) is 11.6 Å². The van der Waals surface area contributed by atoms with E-state index in [1.807, 2.05) is 0 Å². The summed E-state index contributed by atoms with van der Waals surface area (Å²) in [4.78, 5) is 10.5. The smallest absolute Gasteiger partial charge is 0.142 e. The molecule has 0 saturated carbocycles. The van der Waals surface area contributed by atoms with Crippen LogP contribution in [0.2, 0.25) is 0 Å². The fourth-order valence-corrected chi connectivity index (χ4v) is 1.34. The number of carbonyl (C=O) groups excluding carboxylic acids is 1. The maximum atomic E-state index is 10.5. The fraction of sp³-hybridized carbons (Fsp3) is 0.125. The lowest BCUT2D eigenvalue weighted by Crippen LogP contribution is -2.24. The first kappa shape index (κ1) is 10.0. The third-order valence-corrected chi connectivity index (χ3v) is 1.96. The molecule has 0 fully saturated rings. The largest absolute Gasteiger partial charge is 0.760 e. The molecule has 0 bridgehead atoms. The van der Waals surface area contributed by atoms with Crippen LogP contribution in [-0.4, -0.2) is 15.0 Å². The van der Waals surface area contributed by atoms with Gasteiger partial charge in [-0.05, 0) is 5.56 Å². The normalized spacial score (nSPS) is 14.8. The lowest BCUT2D eigenvalue weighted by molar-refractivity contribution is -0.109. The second kappa shape index (κ2) is 4.86. The molecule has 70 valence electrons. The van der Waals surface area contributed by atoms with Crippen molar-refractivity contribution in [1.82, 2.24) is 4.72 Å². The summed E-state index contributed by atoms with van der Waals surface area (Å²) in [7, 11) is 0. The van der Waals surface area contributed by atoms with Gasteiger partial charge in [-0.15, -0.1) is 0 Å². The first-order chi connectivity index (χ1) is 6.24. The van der Waals surface area contributed by atoms with Gasteiger partial charge >= 0.3 is 0 Å². The van der Waals surface area contributed by atoms with E-state index in [9.17, 15) is 13.6 Å². The highest BCUT2D eigenvalue weighted by Gasteiger charge is 2.07. The molecule has 1 aromatic carbocycles. The lowest BCUT2D eigenvalue weighted by atomic mass is 10.1. The Balaban J connectivity index is 2.78. The van der Waals surface area contributed by atoms with Crippen LogP contribution in [-0.2, 0) is 16.1 Å². The van der Waals surface area contributed by atoms with Gasteiger partial charge in [-0.2, -0.15) is 0 Å². The van der Waals surface area contributed by atoms with Crippen molar-refractivity contribution >= 4 is 17.6 Å². The number of rotatable bonds is 4. The molecule has 13 heavy (non-hydrogen) atoms. The van der Waals surface area contributed by atoms with E-state index in [1.165, 1.54) is 0 Å². The highest BCUT2D eigenvalue weighted by molar-refractivity contribution is 7.77. The van der Waals surface area contributed by atoms with Gasteiger partial charge in [-0.1, -0.05) is 30.3 Å². The molecule has 0 amide bonds. The van der Waals surface area contributed by atoms with Crippen LogP contribution < -0.4 is 4.72 Å². The summed E-state index contributed by atoms with van der Waals surface area (Å²) in [6.45, 7) is 0. The summed E-state index contributed by atoms with van der Waals surface area (Å²) in [6.07, 6.45) is 0.547. The van der Waals surface area contributed by atoms with E-state index in [1.54, 1.807) is 30.3 Å². The summed E-state index contributed by atoms with van der Waals surface area (Å²) in [6, 6.07) is 7.83. The molecule has 2 atom stereocenters. The van der Waals surface area contributed by atoms with Crippen LogP contribution in [0.5, 0.6) is 0 Å². The van der Waals surface area contributed by atoms with Gasteiger partial charge in [0.05, 0.1) is 6.04 Å². The van der Waals surface area contributed by atoms with E-state index in [4.69, 9.17) is 0 Å². The second-order valence-corrected chi connectivity index (χ2v) is 3.08. The predicted molar refractivity (Wildman–Crippen MR) is 47.3 cm³/mol. The first-order valence-electron chi connectivity index (χ1n) is 3.59. The Morgan fingerprint density at radius 1 is 1.38 bits per heavy atom. The molecule has 0 heterocycles. The lowest BCUT2D eigenvalue weighted by Gasteiger charge is -2.14. The molecule has 5 heteroatoms. The van der Waals surface area contributed by atoms with Crippen molar-refractivity contribution in [2.75, 3.05) is 0 Å². The minimum atomic E-state index is -2.43. The van der Waals surface area contributed by atoms with Gasteiger partial charge in [-0.25, -0.2) is 4.72 Å². The standard InChI is InChI=1S/C8H9NO3S/c10-6-8(9-13(11)12)7-4-2-1-3-5-7/h1-6,8-9H,(H,11,12)/p-1. The molecular weight excluding hydrogens is 190 g/mol. The Bertz CT molecular complexity index is 302. The zero-order chi connectivity index (χ0) is 9.68. The molecule has 1 rings (SSSR count). The number of hydrogen-bond donors (Lipinski definition) is 1. The van der Waals surface area contributed by atoms with Crippen molar-refractivity contribution < 1.29 is 13.6 Å². The van der Waals surface area contributed by atoms with Crippen molar-refractivity contribution in [3.8, 4) is 0 Å². The molecule has 1 aromatic rings. The summed E-state index contributed by atoms with van der Waals surface area (Å²) in [5.74, 6) is 0. The van der Waals surface area contributed by atoms with Gasteiger partial charge in [0.2, 0.25) is 0 Å². The average Bonchev–Trinajstić information content (AvgIpc) is 2.15. The predicted octanol–water partition coefficient (Wildman–Crippen LogP) is 0.310. The number of benzene rings is 1. The highest BCUT2D eigenvalue weighted by Crippen LogP contribution is 2.09. The third kappa shape index (κ3) is 3.06. The number of hydrogen-bond acceptors (Lipinski definition) is 3. The van der Waals surface area contributed by atoms with Crippen LogP contribution in [0.4, 0.5) is 0 Å². The van der Waals surface area contributed by atoms with E-state index in [0.29, 0.717) is 11.8 Å². The van der Waals surface area contributed by atoms with Crippen molar-refractivity contribution in [2.45, 2.75) is 6.04 Å². The van der Waals surface area contributed by atoms with E-state index >= 15 is 0 Å². The number of carbonyl (C=O) groups is 1. The molecule has 0 aliphatic heterocycles. The first-order valence-corrected chi connectivity index (χ1v) is 4.67. The Kier molecular flexibility index (Phi) is 3.75. The van der Waals surface area contributed by atoms with Crippen LogP contribution in [0.25, 0.3) is 0 Å². The van der Waals surface area contributed by atoms with E-state index in [2.05, 4.69) is 4.72 Å². The molecule has 0 saturated heterocycles. The third-order valence-electron chi connectivity index (χ3n) is 1.52. The van der Waals surface area contributed by atoms with Gasteiger partial charge in [0.25, 0.3) is 0 Å². The van der Waals surface area contributed by atoms with E-state index in [0.717, 1.165) is 0 Å². The summed E-state index contributed by atoms with van der Waals surface area (Å²) >= 11 is -2.43. The van der Waals surface area contributed by atoms with Crippen molar-refractivity contribution in [3.63, 3.8) is 0 Å². The van der Waals surface area contributed by atoms with Gasteiger partial charge < -0.3 is 9.35 Å². The molecule has 0 radical (unpaired) electrons. The van der Waals surface area contributed by atoms with Crippen LogP contribution in [0.3, 0.4) is 0 Å². The highest BCUT2D eigenvalue weighted by atomic mass is 32.2. The topological polar surface area (TPSA) is 69.2 Å². The Morgan fingerprint density at radius 3 is 2.46 bits per heavy atom. The number of aldehydes is 1. The summed E-state index contributed by atoms with van der Waals surface area (Å²) < 4.78 is 22.6. The zero-order valence-electron chi connectivity index (χ0n) is 6.67. The minimum Gasteiger partial charge on any atom is -0.760 e. The second-order valence-electron chi connectivity index (χ2n) is 2.38. The average molecular weight is 198 g/mol. The van der Waals surface area contributed by atoms with Crippen molar-refractivity contribution in [1.29, 1.82) is 0 Å². The quantitative estimate of drug-likeness (QED) is 0.559. The van der Waals surface area contributed by atoms with E-state index < -0.39 is 17.3 Å². The zero-order valence-corrected chi connectivity index (χ0v) is 7.49. The van der Waals surface area contributed by atoms with Crippen LogP contribution >= 0.6 is 0 Å². The number of nitrogens with one attached hydrogen (secondary N) is 1. The van der Waals surface area contributed by atoms with Gasteiger partial charge in [0.1, 0.15) is 6.29 Å². The molecule has 0 aromatic heterocycles. The molecule has 0 aliphatic carbocycles. The van der Waals surface area contributed by atoms with Gasteiger partial charge in [-0.3, -0.25) is 4.21 Å². The Morgan fingerprint density at radius 2 is 2.00 bits per heavy atom. The molecule has 2 unspecified atom stereocenters. The molecule has 4 nitrogen and oxygen atoms in total. The maximum absolute atomic E-state index is 10.5. The SMILES string of the molecule is O=CC(NS(=O)[O-])c1ccccc1.